The Bertz CT molecular complexity index is 506. The second kappa shape index (κ2) is 7.36. The molecular formula is C12H14F3N3O3. The van der Waals surface area contributed by atoms with Crippen LogP contribution in [0.2, 0.25) is 0 Å². The van der Waals surface area contributed by atoms with Crippen molar-refractivity contribution in [2.45, 2.75) is 13.3 Å². The van der Waals surface area contributed by atoms with Crippen molar-refractivity contribution in [1.82, 2.24) is 10.6 Å². The summed E-state index contributed by atoms with van der Waals surface area (Å²) in [5, 5.41) is 6.99. The normalized spacial score (nSPS) is 10.7. The lowest BCUT2D eigenvalue weighted by Crippen LogP contribution is -2.41. The van der Waals surface area contributed by atoms with Crippen LogP contribution < -0.4 is 20.7 Å². The number of imide groups is 1. The molecule has 1 rings (SSSR count). The molecular weight excluding hydrogens is 291 g/mol. The van der Waals surface area contributed by atoms with E-state index in [0.29, 0.717) is 6.54 Å². The van der Waals surface area contributed by atoms with E-state index in [0.717, 1.165) is 12.1 Å². The van der Waals surface area contributed by atoms with Crippen molar-refractivity contribution in [3.8, 4) is 5.75 Å². The smallest absolute Gasteiger partial charge is 0.406 e. The molecule has 21 heavy (non-hydrogen) atoms. The van der Waals surface area contributed by atoms with Crippen LogP contribution in [0.5, 0.6) is 5.75 Å². The highest BCUT2D eigenvalue weighted by Crippen LogP contribution is 2.24. The van der Waals surface area contributed by atoms with Crippen molar-refractivity contribution in [1.29, 1.82) is 0 Å². The van der Waals surface area contributed by atoms with Gasteiger partial charge in [0.25, 0.3) is 0 Å². The number of carbonyl (C=O) groups excluding carboxylic acids is 2. The predicted molar refractivity (Wildman–Crippen MR) is 68.8 cm³/mol. The molecule has 0 radical (unpaired) electrons. The number of carbonyl (C=O) groups is 2. The molecule has 1 aromatic rings. The largest absolute Gasteiger partial charge is 0.573 e. The molecule has 3 amide bonds. The monoisotopic (exact) mass is 305 g/mol. The fourth-order valence-electron chi connectivity index (χ4n) is 1.36. The van der Waals surface area contributed by atoms with Crippen molar-refractivity contribution < 1.29 is 27.5 Å². The molecule has 1 aromatic carbocycles. The summed E-state index contributed by atoms with van der Waals surface area (Å²) in [6, 6.07) is 4.38. The van der Waals surface area contributed by atoms with Gasteiger partial charge in [0.15, 0.2) is 0 Å². The molecule has 0 bridgehead atoms. The molecule has 0 aliphatic rings. The first kappa shape index (κ1) is 16.6. The fourth-order valence-corrected chi connectivity index (χ4v) is 1.36. The van der Waals surface area contributed by atoms with Gasteiger partial charge >= 0.3 is 12.4 Å². The molecule has 0 heterocycles. The number of hydrogen-bond donors (Lipinski definition) is 3. The Morgan fingerprint density at radius 2 is 2.00 bits per heavy atom. The maximum absolute atomic E-state index is 12.1. The number of halogens is 3. The van der Waals surface area contributed by atoms with Crippen LogP contribution in [0.15, 0.2) is 24.3 Å². The molecule has 3 N–H and O–H groups in total. The summed E-state index contributed by atoms with van der Waals surface area (Å²) in [6.45, 7) is 1.78. The number of urea groups is 1. The van der Waals surface area contributed by atoms with Gasteiger partial charge < -0.3 is 15.4 Å². The Morgan fingerprint density at radius 3 is 2.62 bits per heavy atom. The van der Waals surface area contributed by atoms with Crippen LogP contribution >= 0.6 is 0 Å². The van der Waals surface area contributed by atoms with Crippen molar-refractivity contribution in [2.75, 3.05) is 18.4 Å². The zero-order valence-corrected chi connectivity index (χ0v) is 11.1. The average molecular weight is 305 g/mol. The van der Waals surface area contributed by atoms with Crippen molar-refractivity contribution in [3.63, 3.8) is 0 Å². The number of benzene rings is 1. The van der Waals surface area contributed by atoms with Gasteiger partial charge in [-0.25, -0.2) is 4.79 Å². The van der Waals surface area contributed by atoms with E-state index in [1.54, 1.807) is 6.92 Å². The first-order chi connectivity index (χ1) is 9.80. The highest BCUT2D eigenvalue weighted by Gasteiger charge is 2.31. The lowest BCUT2D eigenvalue weighted by molar-refractivity contribution is -0.274. The van der Waals surface area contributed by atoms with Gasteiger partial charge in [-0.15, -0.1) is 13.2 Å². The second-order valence-corrected chi connectivity index (χ2v) is 3.84. The minimum atomic E-state index is -4.78. The van der Waals surface area contributed by atoms with Gasteiger partial charge in [0.2, 0.25) is 5.91 Å². The highest BCUT2D eigenvalue weighted by molar-refractivity contribution is 5.96. The highest BCUT2D eigenvalue weighted by atomic mass is 19.4. The standard InChI is InChI=1S/C12H14F3N3O3/c1-2-16-11(20)18-10(19)7-17-8-4-3-5-9(6-8)21-12(13,14)15/h3-6,17H,2,7H2,1H3,(H2,16,18,19,20). The predicted octanol–water partition coefficient (Wildman–Crippen LogP) is 1.84. The number of nitrogens with one attached hydrogen (secondary N) is 3. The number of amides is 3. The Morgan fingerprint density at radius 1 is 1.29 bits per heavy atom. The molecule has 0 aliphatic heterocycles. The van der Waals surface area contributed by atoms with Crippen LogP contribution in [-0.4, -0.2) is 31.4 Å². The molecule has 0 spiro atoms. The first-order valence-electron chi connectivity index (χ1n) is 5.97. The Labute approximate surface area is 118 Å². The van der Waals surface area contributed by atoms with E-state index in [9.17, 15) is 22.8 Å². The first-order valence-corrected chi connectivity index (χ1v) is 5.97. The molecule has 9 heteroatoms. The maximum Gasteiger partial charge on any atom is 0.573 e. The summed E-state index contributed by atoms with van der Waals surface area (Å²) < 4.78 is 39.9. The topological polar surface area (TPSA) is 79.5 Å². The lowest BCUT2D eigenvalue weighted by atomic mass is 10.3. The molecule has 0 aromatic heterocycles. The van der Waals surface area contributed by atoms with E-state index in [4.69, 9.17) is 0 Å². The van der Waals surface area contributed by atoms with Crippen LogP contribution in [0.25, 0.3) is 0 Å². The maximum atomic E-state index is 12.1. The van der Waals surface area contributed by atoms with E-state index < -0.39 is 24.1 Å². The molecule has 0 fully saturated rings. The molecule has 6 nitrogen and oxygen atoms in total. The van der Waals surface area contributed by atoms with Gasteiger partial charge in [-0.05, 0) is 19.1 Å². The van der Waals surface area contributed by atoms with Gasteiger partial charge in [0, 0.05) is 18.3 Å². The third kappa shape index (κ3) is 7.04. The number of hydrogen-bond acceptors (Lipinski definition) is 4. The Balaban J connectivity index is 2.50. The minimum Gasteiger partial charge on any atom is -0.406 e. The SMILES string of the molecule is CCNC(=O)NC(=O)CNc1cccc(OC(F)(F)F)c1. The van der Waals surface area contributed by atoms with E-state index in [1.165, 1.54) is 12.1 Å². The third-order valence-electron chi connectivity index (χ3n) is 2.11. The Kier molecular flexibility index (Phi) is 5.82. The minimum absolute atomic E-state index is 0.253. The van der Waals surface area contributed by atoms with E-state index in [-0.39, 0.29) is 12.2 Å². The van der Waals surface area contributed by atoms with Gasteiger partial charge in [-0.3, -0.25) is 10.1 Å². The average Bonchev–Trinajstić information content (AvgIpc) is 2.35. The zero-order chi connectivity index (χ0) is 15.9. The van der Waals surface area contributed by atoms with Crippen LogP contribution in [0.1, 0.15) is 6.92 Å². The molecule has 116 valence electrons. The van der Waals surface area contributed by atoms with Crippen molar-refractivity contribution >= 4 is 17.6 Å². The fraction of sp³-hybridized carbons (Fsp3) is 0.333. The number of rotatable bonds is 5. The lowest BCUT2D eigenvalue weighted by Gasteiger charge is -2.11. The summed E-state index contributed by atoms with van der Waals surface area (Å²) >= 11 is 0. The molecule has 0 saturated carbocycles. The molecule has 0 atom stereocenters. The summed E-state index contributed by atoms with van der Waals surface area (Å²) in [5.74, 6) is -1.03. The molecule has 0 aliphatic carbocycles. The van der Waals surface area contributed by atoms with Crippen molar-refractivity contribution in [3.05, 3.63) is 24.3 Å². The van der Waals surface area contributed by atoms with Crippen molar-refractivity contribution in [2.24, 2.45) is 0 Å². The third-order valence-corrected chi connectivity index (χ3v) is 2.11. The van der Waals surface area contributed by atoms with Gasteiger partial charge in [-0.1, -0.05) is 6.07 Å². The summed E-state index contributed by atoms with van der Waals surface area (Å²) in [7, 11) is 0. The number of ether oxygens (including phenoxy) is 1. The van der Waals surface area contributed by atoms with Gasteiger partial charge in [0.05, 0.1) is 6.54 Å². The van der Waals surface area contributed by atoms with Crippen LogP contribution in [0.3, 0.4) is 0 Å². The zero-order valence-electron chi connectivity index (χ0n) is 11.1. The number of alkyl halides is 3. The second-order valence-electron chi connectivity index (χ2n) is 3.84. The summed E-state index contributed by atoms with van der Waals surface area (Å²) in [4.78, 5) is 22.4. The quantitative estimate of drug-likeness (QED) is 0.775. The summed E-state index contributed by atoms with van der Waals surface area (Å²) in [6.07, 6.45) is -4.78. The van der Waals surface area contributed by atoms with Gasteiger partial charge in [-0.2, -0.15) is 0 Å². The van der Waals surface area contributed by atoms with Crippen LogP contribution in [-0.2, 0) is 4.79 Å². The van der Waals surface area contributed by atoms with E-state index in [1.807, 2.05) is 5.32 Å². The van der Waals surface area contributed by atoms with Crippen LogP contribution in [0.4, 0.5) is 23.7 Å². The van der Waals surface area contributed by atoms with E-state index in [2.05, 4.69) is 15.4 Å². The molecule has 0 saturated heterocycles. The number of anilines is 1. The summed E-state index contributed by atoms with van der Waals surface area (Å²) in [5.41, 5.74) is 0.253. The Hall–Kier alpha value is -2.45. The van der Waals surface area contributed by atoms with Gasteiger partial charge in [0.1, 0.15) is 5.75 Å². The van der Waals surface area contributed by atoms with E-state index >= 15 is 0 Å². The van der Waals surface area contributed by atoms with Crippen LogP contribution in [0, 0.1) is 0 Å². The molecule has 0 unspecified atom stereocenters.